The van der Waals surface area contributed by atoms with Crippen LogP contribution in [0.15, 0.2) is 53.4 Å². The topological polar surface area (TPSA) is 17.1 Å². The van der Waals surface area contributed by atoms with Gasteiger partial charge < -0.3 is 0 Å². The van der Waals surface area contributed by atoms with Gasteiger partial charge in [0.15, 0.2) is 5.78 Å². The molecular weight excluding hydrogens is 264 g/mol. The van der Waals surface area contributed by atoms with Crippen LogP contribution in [-0.2, 0) is 5.75 Å². The van der Waals surface area contributed by atoms with Crippen molar-refractivity contribution in [2.45, 2.75) is 17.6 Å². The molecule has 92 valence electrons. The van der Waals surface area contributed by atoms with Crippen LogP contribution in [0, 0.1) is 0 Å². The third kappa shape index (κ3) is 3.37. The average Bonchev–Trinajstić information content (AvgIpc) is 2.37. The fourth-order valence-corrected chi connectivity index (χ4v) is 2.88. The van der Waals surface area contributed by atoms with Gasteiger partial charge in [-0.15, -0.1) is 11.8 Å². The average molecular weight is 277 g/mol. The quantitative estimate of drug-likeness (QED) is 0.587. The first-order chi connectivity index (χ1) is 8.66. The molecule has 3 heteroatoms. The Morgan fingerprint density at radius 3 is 2.50 bits per heavy atom. The molecule has 0 radical (unpaired) electrons. The number of ketones is 1. The van der Waals surface area contributed by atoms with Gasteiger partial charge in [0, 0.05) is 16.2 Å². The van der Waals surface area contributed by atoms with E-state index in [1.165, 1.54) is 12.5 Å². The van der Waals surface area contributed by atoms with Crippen molar-refractivity contribution in [3.05, 3.63) is 64.7 Å². The van der Waals surface area contributed by atoms with E-state index in [0.29, 0.717) is 10.6 Å². The molecular formula is C15H13ClOS. The van der Waals surface area contributed by atoms with Gasteiger partial charge in [0.25, 0.3) is 0 Å². The summed E-state index contributed by atoms with van der Waals surface area (Å²) in [7, 11) is 0. The molecule has 2 aromatic carbocycles. The van der Waals surface area contributed by atoms with Crippen LogP contribution < -0.4 is 0 Å². The predicted molar refractivity (Wildman–Crippen MR) is 77.5 cm³/mol. The zero-order valence-corrected chi connectivity index (χ0v) is 11.6. The van der Waals surface area contributed by atoms with Crippen LogP contribution in [0.3, 0.4) is 0 Å². The molecule has 0 aliphatic heterocycles. The molecule has 1 nitrogen and oxygen atoms in total. The van der Waals surface area contributed by atoms with Gasteiger partial charge in [-0.2, -0.15) is 0 Å². The fourth-order valence-electron chi connectivity index (χ4n) is 1.61. The molecule has 2 aromatic rings. The maximum Gasteiger partial charge on any atom is 0.161 e. The number of halogens is 1. The first kappa shape index (κ1) is 13.2. The summed E-state index contributed by atoms with van der Waals surface area (Å²) in [6.07, 6.45) is 0. The highest BCUT2D eigenvalue weighted by Crippen LogP contribution is 2.27. The fraction of sp³-hybridized carbons (Fsp3) is 0.133. The van der Waals surface area contributed by atoms with Crippen LogP contribution >= 0.6 is 23.4 Å². The number of rotatable bonds is 4. The van der Waals surface area contributed by atoms with Crippen LogP contribution in [0.25, 0.3) is 0 Å². The van der Waals surface area contributed by atoms with Gasteiger partial charge >= 0.3 is 0 Å². The maximum atomic E-state index is 11.3. The van der Waals surface area contributed by atoms with E-state index in [2.05, 4.69) is 12.1 Å². The van der Waals surface area contributed by atoms with Gasteiger partial charge in [0.2, 0.25) is 0 Å². The Balaban J connectivity index is 2.07. The molecule has 0 aliphatic carbocycles. The number of thioether (sulfide) groups is 1. The molecule has 0 saturated heterocycles. The smallest absolute Gasteiger partial charge is 0.161 e. The SMILES string of the molecule is CC(=O)c1ccc(SCc2ccccc2)cc1Cl. The van der Waals surface area contributed by atoms with Crippen LogP contribution in [-0.4, -0.2) is 5.78 Å². The molecule has 0 N–H and O–H groups in total. The molecule has 0 unspecified atom stereocenters. The summed E-state index contributed by atoms with van der Waals surface area (Å²) in [5.74, 6) is 0.899. The number of hydrogen-bond acceptors (Lipinski definition) is 2. The lowest BCUT2D eigenvalue weighted by molar-refractivity contribution is 0.101. The van der Waals surface area contributed by atoms with E-state index in [9.17, 15) is 4.79 Å². The molecule has 18 heavy (non-hydrogen) atoms. The summed E-state index contributed by atoms with van der Waals surface area (Å²) >= 11 is 7.78. The minimum Gasteiger partial charge on any atom is -0.294 e. The summed E-state index contributed by atoms with van der Waals surface area (Å²) in [6.45, 7) is 1.53. The predicted octanol–water partition coefficient (Wildman–Crippen LogP) is 4.83. The van der Waals surface area contributed by atoms with E-state index in [4.69, 9.17) is 11.6 Å². The Hall–Kier alpha value is -1.25. The van der Waals surface area contributed by atoms with Gasteiger partial charge in [-0.05, 0) is 30.7 Å². The van der Waals surface area contributed by atoms with Gasteiger partial charge in [0.05, 0.1) is 5.02 Å². The second kappa shape index (κ2) is 6.07. The second-order valence-corrected chi connectivity index (χ2v) is 5.43. The van der Waals surface area contributed by atoms with Gasteiger partial charge in [0.1, 0.15) is 0 Å². The van der Waals surface area contributed by atoms with Gasteiger partial charge in [-0.25, -0.2) is 0 Å². The zero-order chi connectivity index (χ0) is 13.0. The van der Waals surface area contributed by atoms with Crippen molar-refractivity contribution in [1.82, 2.24) is 0 Å². The molecule has 0 spiro atoms. The number of benzene rings is 2. The monoisotopic (exact) mass is 276 g/mol. The minimum atomic E-state index is -0.000362. The van der Waals surface area contributed by atoms with Crippen LogP contribution in [0.5, 0.6) is 0 Å². The van der Waals surface area contributed by atoms with E-state index in [0.717, 1.165) is 10.6 Å². The Morgan fingerprint density at radius 2 is 1.89 bits per heavy atom. The van der Waals surface area contributed by atoms with Crippen molar-refractivity contribution >= 4 is 29.1 Å². The van der Waals surface area contributed by atoms with Crippen molar-refractivity contribution in [1.29, 1.82) is 0 Å². The first-order valence-electron chi connectivity index (χ1n) is 5.64. The molecule has 0 aliphatic rings. The highest BCUT2D eigenvalue weighted by Gasteiger charge is 2.06. The van der Waals surface area contributed by atoms with Crippen LogP contribution in [0.4, 0.5) is 0 Å². The van der Waals surface area contributed by atoms with Crippen molar-refractivity contribution in [3.63, 3.8) is 0 Å². The van der Waals surface area contributed by atoms with E-state index >= 15 is 0 Å². The zero-order valence-electron chi connectivity index (χ0n) is 10.0. The summed E-state index contributed by atoms with van der Waals surface area (Å²) in [5.41, 5.74) is 1.86. The Labute approximate surface area is 116 Å². The van der Waals surface area contributed by atoms with Crippen molar-refractivity contribution in [2.24, 2.45) is 0 Å². The first-order valence-corrected chi connectivity index (χ1v) is 7.00. The van der Waals surface area contributed by atoms with Crippen LogP contribution in [0.2, 0.25) is 5.02 Å². The number of Topliss-reactive ketones (excluding diaryl/α,β-unsaturated/α-hetero) is 1. The lowest BCUT2D eigenvalue weighted by atomic mass is 10.1. The molecule has 0 heterocycles. The molecule has 0 atom stereocenters. The molecule has 0 aromatic heterocycles. The maximum absolute atomic E-state index is 11.3. The minimum absolute atomic E-state index is 0.000362. The molecule has 0 saturated carbocycles. The molecule has 2 rings (SSSR count). The normalized spacial score (nSPS) is 10.3. The summed E-state index contributed by atoms with van der Waals surface area (Å²) in [6, 6.07) is 15.8. The highest BCUT2D eigenvalue weighted by molar-refractivity contribution is 7.98. The Morgan fingerprint density at radius 1 is 1.17 bits per heavy atom. The van der Waals surface area contributed by atoms with E-state index < -0.39 is 0 Å². The second-order valence-electron chi connectivity index (χ2n) is 3.97. The third-order valence-corrected chi connectivity index (χ3v) is 3.95. The Kier molecular flexibility index (Phi) is 4.45. The number of carbonyl (C=O) groups is 1. The summed E-state index contributed by atoms with van der Waals surface area (Å²) in [4.78, 5) is 12.3. The van der Waals surface area contributed by atoms with Crippen molar-refractivity contribution in [3.8, 4) is 0 Å². The van der Waals surface area contributed by atoms with E-state index in [1.807, 2.05) is 30.3 Å². The summed E-state index contributed by atoms with van der Waals surface area (Å²) < 4.78 is 0. The van der Waals surface area contributed by atoms with Gasteiger partial charge in [-0.1, -0.05) is 41.9 Å². The van der Waals surface area contributed by atoms with E-state index in [-0.39, 0.29) is 5.78 Å². The Bertz CT molecular complexity index is 552. The van der Waals surface area contributed by atoms with E-state index in [1.54, 1.807) is 17.8 Å². The molecule has 0 fully saturated rings. The molecule has 0 amide bonds. The molecule has 0 bridgehead atoms. The van der Waals surface area contributed by atoms with Gasteiger partial charge in [-0.3, -0.25) is 4.79 Å². The lowest BCUT2D eigenvalue weighted by Crippen LogP contribution is -1.93. The van der Waals surface area contributed by atoms with Crippen molar-refractivity contribution < 1.29 is 4.79 Å². The largest absolute Gasteiger partial charge is 0.294 e. The van der Waals surface area contributed by atoms with Crippen molar-refractivity contribution in [2.75, 3.05) is 0 Å². The number of carbonyl (C=O) groups excluding carboxylic acids is 1. The highest BCUT2D eigenvalue weighted by atomic mass is 35.5. The lowest BCUT2D eigenvalue weighted by Gasteiger charge is -2.05. The van der Waals surface area contributed by atoms with Crippen LogP contribution in [0.1, 0.15) is 22.8 Å². The summed E-state index contributed by atoms with van der Waals surface area (Å²) in [5, 5.41) is 0.528. The standard InChI is InChI=1S/C15H13ClOS/c1-11(17)14-8-7-13(9-15(14)16)18-10-12-5-3-2-4-6-12/h2-9H,10H2,1H3. The third-order valence-electron chi connectivity index (χ3n) is 2.57. The number of hydrogen-bond donors (Lipinski definition) is 0.